The van der Waals surface area contributed by atoms with Gasteiger partial charge in [0, 0.05) is 24.7 Å². The third-order valence-corrected chi connectivity index (χ3v) is 7.17. The first-order chi connectivity index (χ1) is 11.4. The topological polar surface area (TPSA) is 92.5 Å². The molecule has 3 rings (SSSR count). The summed E-state index contributed by atoms with van der Waals surface area (Å²) in [5.74, 6) is -0.0475. The molecule has 1 amide bonds. The first-order valence-electron chi connectivity index (χ1n) is 8.53. The molecule has 0 spiro atoms. The number of benzene rings is 1. The summed E-state index contributed by atoms with van der Waals surface area (Å²) in [5, 5.41) is 3.52. The molecule has 0 aliphatic carbocycles. The van der Waals surface area contributed by atoms with Gasteiger partial charge in [0.25, 0.3) is 0 Å². The molecule has 2 saturated heterocycles. The smallest absolute Gasteiger partial charge is 0.249 e. The van der Waals surface area contributed by atoms with E-state index in [0.29, 0.717) is 30.6 Å². The fourth-order valence-electron chi connectivity index (χ4n) is 3.81. The van der Waals surface area contributed by atoms with Crippen molar-refractivity contribution in [3.05, 3.63) is 29.3 Å². The number of amides is 1. The van der Waals surface area contributed by atoms with Crippen LogP contribution in [0, 0.1) is 12.8 Å². The number of carbonyl (C=O) groups is 1. The van der Waals surface area contributed by atoms with Crippen molar-refractivity contribution in [3.63, 3.8) is 0 Å². The van der Waals surface area contributed by atoms with Crippen LogP contribution in [0.2, 0.25) is 0 Å². The van der Waals surface area contributed by atoms with Crippen molar-refractivity contribution in [3.8, 4) is 0 Å². The van der Waals surface area contributed by atoms with E-state index in [-0.39, 0.29) is 22.9 Å². The molecule has 1 aromatic rings. The third-order valence-electron chi connectivity index (χ3n) is 5.28. The summed E-state index contributed by atoms with van der Waals surface area (Å²) in [5.41, 5.74) is 6.29. The van der Waals surface area contributed by atoms with Gasteiger partial charge in [-0.25, -0.2) is 8.42 Å². The van der Waals surface area contributed by atoms with Crippen LogP contribution in [-0.4, -0.2) is 44.3 Å². The Morgan fingerprint density at radius 2 is 1.92 bits per heavy atom. The second-order valence-electron chi connectivity index (χ2n) is 6.79. The Balaban J connectivity index is 0.00000225. The second kappa shape index (κ2) is 8.03. The molecule has 2 fully saturated rings. The Kier molecular flexibility index (Phi) is 6.48. The van der Waals surface area contributed by atoms with Crippen LogP contribution >= 0.6 is 12.4 Å². The highest BCUT2D eigenvalue weighted by Crippen LogP contribution is 2.29. The highest BCUT2D eigenvalue weighted by atomic mass is 35.5. The Labute approximate surface area is 155 Å². The van der Waals surface area contributed by atoms with Crippen LogP contribution < -0.4 is 11.1 Å². The van der Waals surface area contributed by atoms with E-state index >= 15 is 0 Å². The fraction of sp³-hybridized carbons (Fsp3) is 0.588. The number of sulfonamides is 1. The molecule has 0 saturated carbocycles. The molecule has 1 unspecified atom stereocenters. The van der Waals surface area contributed by atoms with E-state index in [2.05, 4.69) is 5.32 Å². The number of primary amides is 1. The van der Waals surface area contributed by atoms with Gasteiger partial charge in [0.2, 0.25) is 15.9 Å². The molecule has 1 atom stereocenters. The highest BCUT2D eigenvalue weighted by molar-refractivity contribution is 7.89. The molecule has 2 heterocycles. The number of nitrogens with two attached hydrogens (primary N) is 1. The zero-order chi connectivity index (χ0) is 17.3. The number of carbonyl (C=O) groups excluding carboxylic acids is 1. The van der Waals surface area contributed by atoms with Crippen molar-refractivity contribution < 1.29 is 13.2 Å². The molecule has 8 heteroatoms. The predicted molar refractivity (Wildman–Crippen MR) is 99.5 cm³/mol. The maximum Gasteiger partial charge on any atom is 0.249 e. The van der Waals surface area contributed by atoms with Crippen LogP contribution in [0.1, 0.15) is 41.6 Å². The largest absolute Gasteiger partial charge is 0.366 e. The molecule has 2 aliphatic heterocycles. The number of hydrogen-bond donors (Lipinski definition) is 2. The second-order valence-corrected chi connectivity index (χ2v) is 8.72. The lowest BCUT2D eigenvalue weighted by molar-refractivity contribution is 0.0999. The van der Waals surface area contributed by atoms with Crippen LogP contribution in [-0.2, 0) is 10.0 Å². The number of hydrogen-bond acceptors (Lipinski definition) is 4. The molecular weight excluding hydrogens is 362 g/mol. The lowest BCUT2D eigenvalue weighted by Crippen LogP contribution is -2.43. The summed E-state index contributed by atoms with van der Waals surface area (Å²) in [7, 11) is -3.58. The summed E-state index contributed by atoms with van der Waals surface area (Å²) in [6.07, 6.45) is 4.16. The van der Waals surface area contributed by atoms with Crippen molar-refractivity contribution in [1.82, 2.24) is 9.62 Å². The Morgan fingerprint density at radius 3 is 2.48 bits per heavy atom. The van der Waals surface area contributed by atoms with E-state index < -0.39 is 15.9 Å². The lowest BCUT2D eigenvalue weighted by Gasteiger charge is -2.34. The number of aryl methyl sites for hydroxylation is 1. The van der Waals surface area contributed by atoms with E-state index in [0.717, 1.165) is 19.4 Å². The van der Waals surface area contributed by atoms with E-state index in [1.54, 1.807) is 19.1 Å². The van der Waals surface area contributed by atoms with Crippen LogP contribution in [0.25, 0.3) is 0 Å². The van der Waals surface area contributed by atoms with Gasteiger partial charge in [-0.3, -0.25) is 4.79 Å². The van der Waals surface area contributed by atoms with Gasteiger partial charge in [0.05, 0.1) is 4.90 Å². The van der Waals surface area contributed by atoms with Crippen LogP contribution in [0.15, 0.2) is 23.1 Å². The molecule has 0 radical (unpaired) electrons. The Morgan fingerprint density at radius 1 is 1.24 bits per heavy atom. The molecule has 0 bridgehead atoms. The zero-order valence-corrected chi connectivity index (χ0v) is 16.0. The average Bonchev–Trinajstić information content (AvgIpc) is 3.09. The summed E-state index contributed by atoms with van der Waals surface area (Å²) in [6, 6.07) is 5.14. The maximum atomic E-state index is 12.9. The standard InChI is InChI=1S/C17H25N3O3S.ClH/c1-12-4-5-14(11-15(12)17(18)21)24(22,23)20-9-6-13(7-10-20)16-3-2-8-19-16;/h4-5,11,13,16,19H,2-3,6-10H2,1H3,(H2,18,21);1H. The molecule has 140 valence electrons. The number of piperidine rings is 1. The lowest BCUT2D eigenvalue weighted by atomic mass is 9.89. The maximum absolute atomic E-state index is 12.9. The third kappa shape index (κ3) is 4.16. The SMILES string of the molecule is Cc1ccc(S(=O)(=O)N2CCC(C3CCCN3)CC2)cc1C(N)=O.Cl. The molecule has 0 aromatic heterocycles. The van der Waals surface area contributed by atoms with Crippen LogP contribution in [0.3, 0.4) is 0 Å². The highest BCUT2D eigenvalue weighted by Gasteiger charge is 2.33. The van der Waals surface area contributed by atoms with Gasteiger partial charge in [-0.05, 0) is 62.8 Å². The number of rotatable bonds is 4. The fourth-order valence-corrected chi connectivity index (χ4v) is 5.30. The minimum atomic E-state index is -3.58. The van der Waals surface area contributed by atoms with E-state index in [1.807, 2.05) is 0 Å². The summed E-state index contributed by atoms with van der Waals surface area (Å²) in [4.78, 5) is 11.6. The number of nitrogens with one attached hydrogen (secondary N) is 1. The van der Waals surface area contributed by atoms with E-state index in [1.165, 1.54) is 23.2 Å². The molecule has 1 aromatic carbocycles. The van der Waals surface area contributed by atoms with E-state index in [4.69, 9.17) is 5.73 Å². The first-order valence-corrected chi connectivity index (χ1v) is 9.97. The normalized spacial score (nSPS) is 22.5. The van der Waals surface area contributed by atoms with Gasteiger partial charge >= 0.3 is 0 Å². The quantitative estimate of drug-likeness (QED) is 0.821. The van der Waals surface area contributed by atoms with Gasteiger partial charge in [-0.2, -0.15) is 4.31 Å². The van der Waals surface area contributed by atoms with Gasteiger partial charge in [-0.1, -0.05) is 6.07 Å². The predicted octanol–water partition coefficient (Wildman–Crippen LogP) is 1.67. The van der Waals surface area contributed by atoms with Crippen molar-refractivity contribution >= 4 is 28.3 Å². The minimum absolute atomic E-state index is 0. The number of halogens is 1. The first kappa shape index (κ1) is 20.2. The molecule has 3 N–H and O–H groups in total. The van der Waals surface area contributed by atoms with E-state index in [9.17, 15) is 13.2 Å². The summed E-state index contributed by atoms with van der Waals surface area (Å²) < 4.78 is 27.3. The molecule has 6 nitrogen and oxygen atoms in total. The zero-order valence-electron chi connectivity index (χ0n) is 14.4. The molecule has 2 aliphatic rings. The number of nitrogens with zero attached hydrogens (tertiary/aromatic N) is 1. The van der Waals surface area contributed by atoms with Gasteiger partial charge in [0.15, 0.2) is 0 Å². The van der Waals surface area contributed by atoms with Crippen molar-refractivity contribution in [2.24, 2.45) is 11.7 Å². The summed E-state index contributed by atoms with van der Waals surface area (Å²) in [6.45, 7) is 3.88. The van der Waals surface area contributed by atoms with Crippen molar-refractivity contribution in [2.45, 2.75) is 43.5 Å². The Hall–Kier alpha value is -1.15. The summed E-state index contributed by atoms with van der Waals surface area (Å²) >= 11 is 0. The average molecular weight is 388 g/mol. The van der Waals surface area contributed by atoms with Gasteiger partial charge < -0.3 is 11.1 Å². The minimum Gasteiger partial charge on any atom is -0.366 e. The van der Waals surface area contributed by atoms with Crippen molar-refractivity contribution in [2.75, 3.05) is 19.6 Å². The van der Waals surface area contributed by atoms with Crippen molar-refractivity contribution in [1.29, 1.82) is 0 Å². The van der Waals surface area contributed by atoms with Gasteiger partial charge in [0.1, 0.15) is 0 Å². The van der Waals surface area contributed by atoms with Gasteiger partial charge in [-0.15, -0.1) is 12.4 Å². The molecule has 25 heavy (non-hydrogen) atoms. The molecular formula is C17H26ClN3O3S. The monoisotopic (exact) mass is 387 g/mol. The van der Waals surface area contributed by atoms with Crippen LogP contribution in [0.4, 0.5) is 0 Å². The Bertz CT molecular complexity index is 725. The van der Waals surface area contributed by atoms with Crippen LogP contribution in [0.5, 0.6) is 0 Å².